The molecule has 0 aromatic heterocycles. The zero-order chi connectivity index (χ0) is 38.4. The molecule has 1 aliphatic rings. The highest BCUT2D eigenvalue weighted by atomic mass is 16.5. The Hall–Kier alpha value is -1.83. The lowest BCUT2D eigenvalue weighted by Crippen LogP contribution is -2.57. The van der Waals surface area contributed by atoms with E-state index >= 15 is 0 Å². The maximum atomic E-state index is 12.6. The maximum absolute atomic E-state index is 12.6. The summed E-state index contributed by atoms with van der Waals surface area (Å²) in [4.78, 5) is 43.1. The molecule has 12 heteroatoms. The van der Waals surface area contributed by atoms with Gasteiger partial charge in [-0.15, -0.1) is 0 Å². The number of hydrogen-bond acceptors (Lipinski definition) is 12. The van der Waals surface area contributed by atoms with E-state index in [2.05, 4.69) is 37.5 Å². The minimum absolute atomic E-state index is 0.153. The zero-order valence-electron chi connectivity index (χ0n) is 33.4. The standard InChI is InChI=1S/C40H77N3O9/c1-5-7-9-11-20-38(47)50-27-15-13-18-36(45)32-41(33-37(46)19-14-16-28-51-39(48)21-12-10-8-6-2)23-17-22-40(49)52-29-25-43-31-34(3)42(24-26-44)30-35(43)4/h34-37,44-46H,5-33H2,1-4H3. The van der Waals surface area contributed by atoms with Gasteiger partial charge in [-0.1, -0.05) is 52.4 Å². The van der Waals surface area contributed by atoms with Crippen molar-refractivity contribution in [1.82, 2.24) is 14.7 Å². The Morgan fingerprint density at radius 1 is 0.615 bits per heavy atom. The van der Waals surface area contributed by atoms with Crippen molar-refractivity contribution in [3.8, 4) is 0 Å². The maximum Gasteiger partial charge on any atom is 0.305 e. The number of carbonyl (C=O) groups is 3. The molecule has 1 aliphatic heterocycles. The monoisotopic (exact) mass is 744 g/mol. The number of nitrogens with zero attached hydrogens (tertiary/aromatic N) is 3. The second-order valence-electron chi connectivity index (χ2n) is 14.9. The van der Waals surface area contributed by atoms with Crippen LogP contribution in [0.15, 0.2) is 0 Å². The Morgan fingerprint density at radius 2 is 1.06 bits per heavy atom. The molecule has 0 radical (unpaired) electrons. The van der Waals surface area contributed by atoms with Crippen molar-refractivity contribution in [2.24, 2.45) is 0 Å². The SMILES string of the molecule is CCCCCCC(=O)OCCCCC(O)CN(CCCC(=O)OCCN1CC(C)N(CCO)CC1C)CC(O)CCCCOC(=O)CCCCCC. The van der Waals surface area contributed by atoms with E-state index < -0.39 is 12.2 Å². The molecule has 1 saturated heterocycles. The smallest absolute Gasteiger partial charge is 0.305 e. The molecule has 1 fully saturated rings. The highest BCUT2D eigenvalue weighted by Crippen LogP contribution is 2.15. The molecular weight excluding hydrogens is 666 g/mol. The van der Waals surface area contributed by atoms with Gasteiger partial charge in [0, 0.05) is 70.6 Å². The van der Waals surface area contributed by atoms with E-state index in [1.54, 1.807) is 0 Å². The van der Waals surface area contributed by atoms with Gasteiger partial charge in [0.2, 0.25) is 0 Å². The Kier molecular flexibility index (Phi) is 29.2. The topological polar surface area (TPSA) is 149 Å². The van der Waals surface area contributed by atoms with Gasteiger partial charge in [0.05, 0.1) is 32.0 Å². The van der Waals surface area contributed by atoms with Crippen LogP contribution in [0, 0.1) is 0 Å². The molecular formula is C40H77N3O9. The molecule has 306 valence electrons. The van der Waals surface area contributed by atoms with Crippen molar-refractivity contribution in [1.29, 1.82) is 0 Å². The van der Waals surface area contributed by atoms with E-state index in [1.807, 2.05) is 4.90 Å². The average Bonchev–Trinajstić information content (AvgIpc) is 3.10. The van der Waals surface area contributed by atoms with Gasteiger partial charge in [0.15, 0.2) is 0 Å². The predicted molar refractivity (Wildman–Crippen MR) is 205 cm³/mol. The molecule has 12 nitrogen and oxygen atoms in total. The van der Waals surface area contributed by atoms with Crippen LogP contribution >= 0.6 is 0 Å². The van der Waals surface area contributed by atoms with E-state index in [0.717, 1.165) is 77.3 Å². The lowest BCUT2D eigenvalue weighted by molar-refractivity contribution is -0.145. The van der Waals surface area contributed by atoms with Crippen molar-refractivity contribution in [3.63, 3.8) is 0 Å². The summed E-state index contributed by atoms with van der Waals surface area (Å²) in [6.07, 6.45) is 12.8. The second kappa shape index (κ2) is 31.5. The van der Waals surface area contributed by atoms with Crippen LogP contribution in [0.1, 0.15) is 143 Å². The molecule has 1 heterocycles. The summed E-state index contributed by atoms with van der Waals surface area (Å²) in [7, 11) is 0. The molecule has 4 atom stereocenters. The molecule has 0 aromatic rings. The van der Waals surface area contributed by atoms with Gasteiger partial charge < -0.3 is 29.5 Å². The van der Waals surface area contributed by atoms with Crippen molar-refractivity contribution in [3.05, 3.63) is 0 Å². The minimum atomic E-state index is -0.608. The van der Waals surface area contributed by atoms with Crippen molar-refractivity contribution in [2.45, 2.75) is 168 Å². The second-order valence-corrected chi connectivity index (χ2v) is 14.9. The number of aliphatic hydroxyl groups is 3. The number of ether oxygens (including phenoxy) is 3. The summed E-state index contributed by atoms with van der Waals surface area (Å²) < 4.78 is 16.3. The highest BCUT2D eigenvalue weighted by molar-refractivity contribution is 5.69. The molecule has 4 unspecified atom stereocenters. The lowest BCUT2D eigenvalue weighted by atomic mass is 10.1. The number of carbonyl (C=O) groups excluding carboxylic acids is 3. The molecule has 0 saturated carbocycles. The number of esters is 3. The average molecular weight is 744 g/mol. The van der Waals surface area contributed by atoms with E-state index in [4.69, 9.17) is 14.2 Å². The fourth-order valence-electron chi connectivity index (χ4n) is 6.73. The van der Waals surface area contributed by atoms with Crippen LogP contribution in [0.3, 0.4) is 0 Å². The molecule has 0 bridgehead atoms. The number of unbranched alkanes of at least 4 members (excludes halogenated alkanes) is 8. The number of aliphatic hydroxyl groups excluding tert-OH is 3. The van der Waals surface area contributed by atoms with Crippen molar-refractivity contribution >= 4 is 17.9 Å². The van der Waals surface area contributed by atoms with Crippen LogP contribution in [0.5, 0.6) is 0 Å². The molecule has 0 amide bonds. The van der Waals surface area contributed by atoms with Crippen molar-refractivity contribution < 1.29 is 43.9 Å². The molecule has 52 heavy (non-hydrogen) atoms. The van der Waals surface area contributed by atoms with E-state index in [9.17, 15) is 29.7 Å². The van der Waals surface area contributed by atoms with Crippen LogP contribution in [0.25, 0.3) is 0 Å². The molecule has 1 rings (SSSR count). The quantitative estimate of drug-likeness (QED) is 0.0467. The largest absolute Gasteiger partial charge is 0.466 e. The van der Waals surface area contributed by atoms with Gasteiger partial charge in [0.25, 0.3) is 0 Å². The first-order valence-corrected chi connectivity index (χ1v) is 20.7. The number of rotatable bonds is 33. The summed E-state index contributed by atoms with van der Waals surface area (Å²) in [6.45, 7) is 14.2. The Labute approximate surface area is 315 Å². The summed E-state index contributed by atoms with van der Waals surface area (Å²) in [5, 5.41) is 31.0. The van der Waals surface area contributed by atoms with Crippen LogP contribution in [-0.4, -0.2) is 144 Å². The highest BCUT2D eigenvalue weighted by Gasteiger charge is 2.28. The van der Waals surface area contributed by atoms with Crippen LogP contribution < -0.4 is 0 Å². The fourth-order valence-corrected chi connectivity index (χ4v) is 6.73. The first kappa shape index (κ1) is 48.2. The number of β-amino-alcohol motifs (C(OH)–C–C–N with tert-alkyl or cyclic N) is 1. The first-order valence-electron chi connectivity index (χ1n) is 20.7. The van der Waals surface area contributed by atoms with Gasteiger partial charge in [-0.2, -0.15) is 0 Å². The van der Waals surface area contributed by atoms with Gasteiger partial charge in [-0.25, -0.2) is 0 Å². The number of piperazine rings is 1. The zero-order valence-corrected chi connectivity index (χ0v) is 33.4. The summed E-state index contributed by atoms with van der Waals surface area (Å²) in [6, 6.07) is 0.652. The Morgan fingerprint density at radius 3 is 1.52 bits per heavy atom. The van der Waals surface area contributed by atoms with E-state index in [-0.39, 0.29) is 30.9 Å². The summed E-state index contributed by atoms with van der Waals surface area (Å²) in [5.41, 5.74) is 0. The molecule has 0 spiro atoms. The third kappa shape index (κ3) is 25.2. The Balaban J connectivity index is 2.46. The van der Waals surface area contributed by atoms with Gasteiger partial charge in [-0.3, -0.25) is 29.1 Å². The van der Waals surface area contributed by atoms with Crippen molar-refractivity contribution in [2.75, 3.05) is 72.2 Å². The predicted octanol–water partition coefficient (Wildman–Crippen LogP) is 5.09. The van der Waals surface area contributed by atoms with Crippen LogP contribution in [0.4, 0.5) is 0 Å². The van der Waals surface area contributed by atoms with E-state index in [1.165, 1.54) is 0 Å². The van der Waals surface area contributed by atoms with Gasteiger partial charge >= 0.3 is 17.9 Å². The molecule has 0 aromatic carbocycles. The summed E-state index contributed by atoms with van der Waals surface area (Å²) >= 11 is 0. The molecule has 0 aliphatic carbocycles. The number of hydrogen-bond donors (Lipinski definition) is 3. The minimum Gasteiger partial charge on any atom is -0.466 e. The third-order valence-electron chi connectivity index (χ3n) is 9.92. The summed E-state index contributed by atoms with van der Waals surface area (Å²) in [5.74, 6) is -0.560. The molecule has 3 N–H and O–H groups in total. The van der Waals surface area contributed by atoms with E-state index in [0.29, 0.717) is 110 Å². The fraction of sp³-hybridized carbons (Fsp3) is 0.925. The first-order chi connectivity index (χ1) is 25.1. The van der Waals surface area contributed by atoms with Crippen LogP contribution in [0.2, 0.25) is 0 Å². The lowest BCUT2D eigenvalue weighted by Gasteiger charge is -2.43. The normalized spacial score (nSPS) is 18.0. The third-order valence-corrected chi connectivity index (χ3v) is 9.92. The van der Waals surface area contributed by atoms with Crippen LogP contribution in [-0.2, 0) is 28.6 Å². The Bertz CT molecular complexity index is 870. The van der Waals surface area contributed by atoms with Gasteiger partial charge in [-0.05, 0) is 78.2 Å². The van der Waals surface area contributed by atoms with Gasteiger partial charge in [0.1, 0.15) is 6.61 Å².